The van der Waals surface area contributed by atoms with E-state index in [4.69, 9.17) is 4.74 Å². The number of nitrogens with zero attached hydrogens (tertiary/aromatic N) is 1. The maximum absolute atomic E-state index is 12.1. The van der Waals surface area contributed by atoms with E-state index in [9.17, 15) is 4.39 Å². The van der Waals surface area contributed by atoms with Crippen molar-refractivity contribution in [3.05, 3.63) is 6.17 Å². The SMILES string of the molecule is F[C]1CN(C2COC2)C1. The molecular weight excluding hydrogens is 121 g/mol. The maximum atomic E-state index is 12.1. The van der Waals surface area contributed by atoms with Gasteiger partial charge in [-0.25, -0.2) is 4.39 Å². The van der Waals surface area contributed by atoms with Gasteiger partial charge in [0.25, 0.3) is 0 Å². The number of hydrogen-bond donors (Lipinski definition) is 0. The van der Waals surface area contributed by atoms with Gasteiger partial charge in [-0.3, -0.25) is 4.90 Å². The van der Waals surface area contributed by atoms with Gasteiger partial charge in [-0.2, -0.15) is 0 Å². The number of likely N-dealkylation sites (tertiary alicyclic amines) is 1. The molecular formula is C6H9FNO. The molecule has 2 rings (SSSR count). The molecule has 51 valence electrons. The van der Waals surface area contributed by atoms with Gasteiger partial charge in [0.1, 0.15) is 0 Å². The fraction of sp³-hybridized carbons (Fsp3) is 0.833. The van der Waals surface area contributed by atoms with Crippen LogP contribution in [-0.2, 0) is 4.74 Å². The highest BCUT2D eigenvalue weighted by atomic mass is 19.1. The van der Waals surface area contributed by atoms with Crippen LogP contribution < -0.4 is 0 Å². The van der Waals surface area contributed by atoms with Crippen LogP contribution in [0.5, 0.6) is 0 Å². The summed E-state index contributed by atoms with van der Waals surface area (Å²) in [6.07, 6.45) is 0.113. The van der Waals surface area contributed by atoms with Crippen LogP contribution in [-0.4, -0.2) is 37.2 Å². The summed E-state index contributed by atoms with van der Waals surface area (Å²) >= 11 is 0. The summed E-state index contributed by atoms with van der Waals surface area (Å²) in [4.78, 5) is 2.10. The summed E-state index contributed by atoms with van der Waals surface area (Å²) in [5.74, 6) is 0. The smallest absolute Gasteiger partial charge is 0.172 e. The lowest BCUT2D eigenvalue weighted by Gasteiger charge is -2.43. The Balaban J connectivity index is 1.75. The largest absolute Gasteiger partial charge is 0.378 e. The second-order valence-corrected chi connectivity index (χ2v) is 2.61. The van der Waals surface area contributed by atoms with E-state index in [0.717, 1.165) is 13.2 Å². The average molecular weight is 130 g/mol. The first kappa shape index (κ1) is 5.62. The minimum Gasteiger partial charge on any atom is -0.378 e. The highest BCUT2D eigenvalue weighted by Crippen LogP contribution is 2.24. The molecule has 0 N–H and O–H groups in total. The van der Waals surface area contributed by atoms with Crippen LogP contribution in [0.15, 0.2) is 0 Å². The zero-order valence-corrected chi connectivity index (χ0v) is 5.14. The van der Waals surface area contributed by atoms with Gasteiger partial charge < -0.3 is 4.74 Å². The predicted molar refractivity (Wildman–Crippen MR) is 30.5 cm³/mol. The summed E-state index contributed by atoms with van der Waals surface area (Å²) in [5, 5.41) is 0. The molecule has 0 aromatic carbocycles. The molecule has 0 spiro atoms. The Morgan fingerprint density at radius 2 is 2.11 bits per heavy atom. The van der Waals surface area contributed by atoms with Crippen molar-refractivity contribution in [1.82, 2.24) is 4.90 Å². The van der Waals surface area contributed by atoms with Gasteiger partial charge in [0, 0.05) is 13.1 Å². The van der Waals surface area contributed by atoms with E-state index in [1.807, 2.05) is 0 Å². The van der Waals surface area contributed by atoms with Crippen LogP contribution in [0.3, 0.4) is 0 Å². The van der Waals surface area contributed by atoms with Crippen molar-refractivity contribution < 1.29 is 9.13 Å². The number of halogens is 1. The van der Waals surface area contributed by atoms with Gasteiger partial charge in [0.05, 0.1) is 19.3 Å². The summed E-state index contributed by atoms with van der Waals surface area (Å²) < 4.78 is 17.1. The van der Waals surface area contributed by atoms with Crippen molar-refractivity contribution in [2.45, 2.75) is 6.04 Å². The van der Waals surface area contributed by atoms with E-state index in [1.165, 1.54) is 0 Å². The van der Waals surface area contributed by atoms with Crippen molar-refractivity contribution in [2.24, 2.45) is 0 Å². The summed E-state index contributed by atoms with van der Waals surface area (Å²) in [6.45, 7) is 2.70. The second kappa shape index (κ2) is 1.92. The molecule has 2 saturated heterocycles. The minimum atomic E-state index is 0.113. The van der Waals surface area contributed by atoms with Gasteiger partial charge in [-0.05, 0) is 0 Å². The standard InChI is InChI=1S/C6H9FNO/c7-5-1-8(2-5)6-3-9-4-6/h6H,1-4H2. The fourth-order valence-corrected chi connectivity index (χ4v) is 1.09. The third-order valence-electron chi connectivity index (χ3n) is 1.89. The normalized spacial score (nSPS) is 31.7. The van der Waals surface area contributed by atoms with E-state index >= 15 is 0 Å². The quantitative estimate of drug-likeness (QED) is 0.503. The molecule has 9 heavy (non-hydrogen) atoms. The lowest BCUT2D eigenvalue weighted by molar-refractivity contribution is -0.0866. The molecule has 0 saturated carbocycles. The van der Waals surface area contributed by atoms with Crippen molar-refractivity contribution in [3.8, 4) is 0 Å². The van der Waals surface area contributed by atoms with Crippen molar-refractivity contribution in [1.29, 1.82) is 0 Å². The van der Waals surface area contributed by atoms with Crippen molar-refractivity contribution in [2.75, 3.05) is 26.3 Å². The Kier molecular flexibility index (Phi) is 1.20. The fourth-order valence-electron chi connectivity index (χ4n) is 1.09. The van der Waals surface area contributed by atoms with Crippen LogP contribution in [0.1, 0.15) is 0 Å². The molecule has 3 heteroatoms. The first-order chi connectivity index (χ1) is 4.36. The highest BCUT2D eigenvalue weighted by molar-refractivity contribution is 4.99. The molecule has 0 bridgehead atoms. The van der Waals surface area contributed by atoms with E-state index in [1.54, 1.807) is 0 Å². The third-order valence-corrected chi connectivity index (χ3v) is 1.89. The molecule has 2 fully saturated rings. The van der Waals surface area contributed by atoms with Gasteiger partial charge in [-0.1, -0.05) is 0 Å². The summed E-state index contributed by atoms with van der Waals surface area (Å²) in [5.41, 5.74) is 0. The maximum Gasteiger partial charge on any atom is 0.172 e. The lowest BCUT2D eigenvalue weighted by atomic mass is 10.1. The summed E-state index contributed by atoms with van der Waals surface area (Å²) in [7, 11) is 0. The van der Waals surface area contributed by atoms with E-state index in [2.05, 4.69) is 4.90 Å². The van der Waals surface area contributed by atoms with Gasteiger partial charge >= 0.3 is 0 Å². The first-order valence-electron chi connectivity index (χ1n) is 3.18. The Bertz CT molecular complexity index is 110. The van der Waals surface area contributed by atoms with Gasteiger partial charge in [0.15, 0.2) is 6.17 Å². The number of rotatable bonds is 1. The lowest BCUT2D eigenvalue weighted by Crippen LogP contribution is -2.57. The number of ether oxygens (including phenoxy) is 1. The zero-order chi connectivity index (χ0) is 6.27. The van der Waals surface area contributed by atoms with E-state index < -0.39 is 0 Å². The molecule has 1 radical (unpaired) electrons. The van der Waals surface area contributed by atoms with Gasteiger partial charge in [-0.15, -0.1) is 0 Å². The highest BCUT2D eigenvalue weighted by Gasteiger charge is 2.36. The Morgan fingerprint density at radius 3 is 2.44 bits per heavy atom. The van der Waals surface area contributed by atoms with Crippen LogP contribution in [0.2, 0.25) is 0 Å². The topological polar surface area (TPSA) is 12.5 Å². The Hall–Kier alpha value is -0.150. The molecule has 2 aliphatic rings. The zero-order valence-electron chi connectivity index (χ0n) is 5.14. The minimum absolute atomic E-state index is 0.113. The molecule has 0 unspecified atom stereocenters. The molecule has 2 aliphatic heterocycles. The summed E-state index contributed by atoms with van der Waals surface area (Å²) in [6, 6.07) is 0.518. The Morgan fingerprint density at radius 1 is 1.44 bits per heavy atom. The second-order valence-electron chi connectivity index (χ2n) is 2.61. The number of hydrogen-bond acceptors (Lipinski definition) is 2. The van der Waals surface area contributed by atoms with Crippen LogP contribution in [0, 0.1) is 6.17 Å². The van der Waals surface area contributed by atoms with Crippen LogP contribution >= 0.6 is 0 Å². The predicted octanol–water partition coefficient (Wildman–Crippen LogP) is 0.202. The van der Waals surface area contributed by atoms with E-state index in [0.29, 0.717) is 19.1 Å². The third kappa shape index (κ3) is 0.843. The van der Waals surface area contributed by atoms with Crippen molar-refractivity contribution >= 4 is 0 Å². The molecule has 2 nitrogen and oxygen atoms in total. The average Bonchev–Trinajstić information content (AvgIpc) is 1.57. The monoisotopic (exact) mass is 130 g/mol. The Labute approximate surface area is 53.6 Å². The molecule has 0 aliphatic carbocycles. The molecule has 0 aromatic rings. The first-order valence-corrected chi connectivity index (χ1v) is 3.18. The molecule has 0 atom stereocenters. The van der Waals surface area contributed by atoms with Crippen LogP contribution in [0.25, 0.3) is 0 Å². The molecule has 0 amide bonds. The molecule has 2 heterocycles. The molecule has 0 aromatic heterocycles. The van der Waals surface area contributed by atoms with Crippen molar-refractivity contribution in [3.63, 3.8) is 0 Å². The van der Waals surface area contributed by atoms with Gasteiger partial charge in [0.2, 0.25) is 0 Å². The van der Waals surface area contributed by atoms with Crippen LogP contribution in [0.4, 0.5) is 4.39 Å². The van der Waals surface area contributed by atoms with E-state index in [-0.39, 0.29) is 6.17 Å².